The number of nitrogens with zero attached hydrogens (tertiary/aromatic N) is 4. The van der Waals surface area contributed by atoms with Crippen molar-refractivity contribution in [2.24, 2.45) is 0 Å². The van der Waals surface area contributed by atoms with Crippen LogP contribution in [-0.4, -0.2) is 66.8 Å². The van der Waals surface area contributed by atoms with Crippen LogP contribution in [-0.2, 0) is 16.1 Å². The van der Waals surface area contributed by atoms with Crippen molar-refractivity contribution in [2.45, 2.75) is 33.4 Å². The first-order valence-electron chi connectivity index (χ1n) is 15.2. The lowest BCUT2D eigenvalue weighted by Gasteiger charge is -2.36. The largest absolute Gasteiger partial charge is 0.442 e. The number of amides is 2. The molecule has 1 N–H and O–H groups in total. The number of cyclic esters (lactones) is 1. The van der Waals surface area contributed by atoms with Crippen LogP contribution in [0.3, 0.4) is 0 Å². The van der Waals surface area contributed by atoms with Crippen LogP contribution in [0.2, 0.25) is 0 Å². The van der Waals surface area contributed by atoms with Gasteiger partial charge in [0.2, 0.25) is 5.91 Å². The van der Waals surface area contributed by atoms with Crippen LogP contribution in [0.1, 0.15) is 23.7 Å². The number of aryl methyl sites for hydroxylation is 1. The molecule has 45 heavy (non-hydrogen) atoms. The fourth-order valence-corrected chi connectivity index (χ4v) is 6.20. The maximum absolute atomic E-state index is 15.4. The van der Waals surface area contributed by atoms with E-state index in [1.807, 2.05) is 29.2 Å². The summed E-state index contributed by atoms with van der Waals surface area (Å²) in [6.07, 6.45) is -1.04. The molecule has 2 aliphatic heterocycles. The molecule has 2 fully saturated rings. The SMILES string of the molecule is CC(=O)NC[C@H]1CN(c2ccc(N3CCN(Cc4cc(-c5ccccc5C)n(-c5ccc(F)cc5)c4C)CC3)c(F)c2)C(=O)O1. The van der Waals surface area contributed by atoms with Crippen molar-refractivity contribution in [3.8, 4) is 16.9 Å². The molecule has 8 nitrogen and oxygen atoms in total. The molecule has 1 aromatic heterocycles. The molecule has 0 radical (unpaired) electrons. The lowest BCUT2D eigenvalue weighted by molar-refractivity contribution is -0.119. The number of halogens is 2. The molecule has 3 heterocycles. The van der Waals surface area contributed by atoms with Crippen LogP contribution in [0.15, 0.2) is 72.8 Å². The number of carbonyl (C=O) groups excluding carboxylic acids is 2. The summed E-state index contributed by atoms with van der Waals surface area (Å²) in [5.74, 6) is -0.865. The third-order valence-electron chi connectivity index (χ3n) is 8.66. The number of hydrogen-bond acceptors (Lipinski definition) is 5. The van der Waals surface area contributed by atoms with Crippen LogP contribution in [0.5, 0.6) is 0 Å². The first-order chi connectivity index (χ1) is 21.7. The van der Waals surface area contributed by atoms with Gasteiger partial charge in [0, 0.05) is 56.6 Å². The second kappa shape index (κ2) is 12.7. The summed E-state index contributed by atoms with van der Waals surface area (Å²) >= 11 is 0. The van der Waals surface area contributed by atoms with Crippen LogP contribution in [0.4, 0.5) is 25.0 Å². The first-order valence-corrected chi connectivity index (χ1v) is 15.2. The number of ether oxygens (including phenoxy) is 1. The predicted molar refractivity (Wildman–Crippen MR) is 171 cm³/mol. The van der Waals surface area contributed by atoms with Crippen molar-refractivity contribution in [2.75, 3.05) is 49.1 Å². The zero-order valence-electron chi connectivity index (χ0n) is 25.7. The Kier molecular flexibility index (Phi) is 8.58. The molecule has 2 saturated heterocycles. The third kappa shape index (κ3) is 6.42. The molecule has 0 aliphatic carbocycles. The van der Waals surface area contributed by atoms with E-state index in [1.54, 1.807) is 12.1 Å². The smallest absolute Gasteiger partial charge is 0.414 e. The molecule has 1 atom stereocenters. The fraction of sp³-hybridized carbons (Fsp3) is 0.314. The monoisotopic (exact) mass is 613 g/mol. The van der Waals surface area contributed by atoms with E-state index in [2.05, 4.69) is 46.8 Å². The average Bonchev–Trinajstić information content (AvgIpc) is 3.56. The number of benzene rings is 3. The normalized spacial score (nSPS) is 17.1. The van der Waals surface area contributed by atoms with E-state index in [4.69, 9.17) is 4.74 Å². The molecule has 10 heteroatoms. The van der Waals surface area contributed by atoms with Crippen LogP contribution >= 0.6 is 0 Å². The summed E-state index contributed by atoms with van der Waals surface area (Å²) < 4.78 is 36.7. The fourth-order valence-electron chi connectivity index (χ4n) is 6.20. The summed E-state index contributed by atoms with van der Waals surface area (Å²) in [5.41, 5.74) is 7.49. The Hall–Kier alpha value is -4.70. The van der Waals surface area contributed by atoms with Crippen molar-refractivity contribution in [3.05, 3.63) is 101 Å². The second-order valence-corrected chi connectivity index (χ2v) is 11.7. The van der Waals surface area contributed by atoms with E-state index in [0.29, 0.717) is 24.5 Å². The van der Waals surface area contributed by atoms with Gasteiger partial charge in [0.25, 0.3) is 0 Å². The number of hydrogen-bond donors (Lipinski definition) is 1. The first kappa shape index (κ1) is 30.3. The van der Waals surface area contributed by atoms with Crippen molar-refractivity contribution in [1.82, 2.24) is 14.8 Å². The van der Waals surface area contributed by atoms with Gasteiger partial charge in [-0.3, -0.25) is 14.6 Å². The van der Waals surface area contributed by atoms with Crippen LogP contribution < -0.4 is 15.1 Å². The standard InChI is InChI=1S/C35H37F2N5O3/c1-23-6-4-5-7-31(23)34-18-26(24(2)42(34)28-10-8-27(36)9-11-28)21-39-14-16-40(17-15-39)33-13-12-29(19-32(33)37)41-22-30(45-35(41)44)20-38-25(3)43/h4-13,18-19,30H,14-17,20-22H2,1-3H3,(H,38,43)/t30-/m0/s1. The number of anilines is 2. The van der Waals surface area contributed by atoms with E-state index in [9.17, 15) is 14.0 Å². The van der Waals surface area contributed by atoms with Gasteiger partial charge in [-0.15, -0.1) is 0 Å². The minimum absolute atomic E-state index is 0.203. The number of carbonyl (C=O) groups is 2. The third-order valence-corrected chi connectivity index (χ3v) is 8.66. The Morgan fingerprint density at radius 2 is 1.64 bits per heavy atom. The van der Waals surface area contributed by atoms with Crippen molar-refractivity contribution in [3.63, 3.8) is 0 Å². The molecule has 4 aromatic rings. The Labute approximate surface area is 261 Å². The van der Waals surface area contributed by atoms with Gasteiger partial charge in [-0.25, -0.2) is 13.6 Å². The predicted octanol–water partition coefficient (Wildman–Crippen LogP) is 5.82. The van der Waals surface area contributed by atoms with Crippen molar-refractivity contribution >= 4 is 23.4 Å². The number of piperazine rings is 1. The molecule has 0 saturated carbocycles. The minimum atomic E-state index is -0.555. The van der Waals surface area contributed by atoms with Crippen LogP contribution in [0, 0.1) is 25.5 Å². The lowest BCUT2D eigenvalue weighted by Crippen LogP contribution is -2.46. The van der Waals surface area contributed by atoms with Gasteiger partial charge >= 0.3 is 6.09 Å². The minimum Gasteiger partial charge on any atom is -0.442 e. The molecule has 3 aromatic carbocycles. The molecule has 0 unspecified atom stereocenters. The van der Waals surface area contributed by atoms with Crippen LogP contribution in [0.25, 0.3) is 16.9 Å². The summed E-state index contributed by atoms with van der Waals surface area (Å²) in [6.45, 7) is 9.62. The highest BCUT2D eigenvalue weighted by Crippen LogP contribution is 2.33. The van der Waals surface area contributed by atoms with Gasteiger partial charge in [0.1, 0.15) is 17.7 Å². The molecular weight excluding hydrogens is 576 g/mol. The maximum atomic E-state index is 15.4. The Morgan fingerprint density at radius 1 is 0.933 bits per heavy atom. The molecule has 0 spiro atoms. The van der Waals surface area contributed by atoms with Crippen molar-refractivity contribution in [1.29, 1.82) is 0 Å². The van der Waals surface area contributed by atoms with Gasteiger partial charge in [-0.05, 0) is 73.5 Å². The number of rotatable bonds is 8. The van der Waals surface area contributed by atoms with E-state index < -0.39 is 18.0 Å². The molecule has 6 rings (SSSR count). The molecule has 234 valence electrons. The molecular formula is C35H37F2N5O3. The molecule has 2 aliphatic rings. The zero-order valence-corrected chi connectivity index (χ0v) is 25.7. The highest BCUT2D eigenvalue weighted by atomic mass is 19.1. The van der Waals surface area contributed by atoms with Gasteiger partial charge < -0.3 is 19.5 Å². The number of aromatic nitrogens is 1. The van der Waals surface area contributed by atoms with E-state index in [0.717, 1.165) is 47.8 Å². The quantitative estimate of drug-likeness (QED) is 0.271. The Bertz CT molecular complexity index is 1710. The summed E-state index contributed by atoms with van der Waals surface area (Å²) in [4.78, 5) is 29.4. The highest BCUT2D eigenvalue weighted by Gasteiger charge is 2.33. The van der Waals surface area contributed by atoms with Crippen molar-refractivity contribution < 1.29 is 23.1 Å². The summed E-state index contributed by atoms with van der Waals surface area (Å²) in [7, 11) is 0. The van der Waals surface area contributed by atoms with E-state index in [-0.39, 0.29) is 24.8 Å². The average molecular weight is 614 g/mol. The maximum Gasteiger partial charge on any atom is 0.414 e. The van der Waals surface area contributed by atoms with Gasteiger partial charge in [-0.2, -0.15) is 0 Å². The van der Waals surface area contributed by atoms with E-state index in [1.165, 1.54) is 35.6 Å². The van der Waals surface area contributed by atoms with Gasteiger partial charge in [0.15, 0.2) is 0 Å². The molecule has 2 amide bonds. The summed E-state index contributed by atoms with van der Waals surface area (Å²) in [5, 5.41) is 2.65. The topological polar surface area (TPSA) is 70.1 Å². The highest BCUT2D eigenvalue weighted by molar-refractivity contribution is 5.90. The Balaban J connectivity index is 1.14. The zero-order chi connectivity index (χ0) is 31.7. The molecule has 0 bridgehead atoms. The lowest BCUT2D eigenvalue weighted by atomic mass is 10.1. The number of nitrogens with one attached hydrogen (secondary N) is 1. The second-order valence-electron chi connectivity index (χ2n) is 11.7. The van der Waals surface area contributed by atoms with Gasteiger partial charge in [0.05, 0.1) is 30.2 Å². The van der Waals surface area contributed by atoms with E-state index >= 15 is 4.39 Å². The van der Waals surface area contributed by atoms with Gasteiger partial charge in [-0.1, -0.05) is 24.3 Å². The summed E-state index contributed by atoms with van der Waals surface area (Å²) in [6, 6.07) is 21.9. The Morgan fingerprint density at radius 3 is 2.33 bits per heavy atom.